The molecule has 0 saturated carbocycles. The summed E-state index contributed by atoms with van der Waals surface area (Å²) >= 11 is 0. The number of aromatic carboxylic acids is 1. The summed E-state index contributed by atoms with van der Waals surface area (Å²) in [6.45, 7) is 14.9. The summed E-state index contributed by atoms with van der Waals surface area (Å²) in [4.78, 5) is 53.0. The Balaban J connectivity index is 0.000000552. The van der Waals surface area contributed by atoms with E-state index in [2.05, 4.69) is 34.7 Å². The van der Waals surface area contributed by atoms with Gasteiger partial charge in [0.2, 0.25) is 0 Å². The summed E-state index contributed by atoms with van der Waals surface area (Å²) in [5, 5.41) is 14.3. The van der Waals surface area contributed by atoms with Gasteiger partial charge < -0.3 is 49.0 Å². The van der Waals surface area contributed by atoms with Gasteiger partial charge in [0, 0.05) is 12.1 Å². The Hall–Kier alpha value is -4.89. The summed E-state index contributed by atoms with van der Waals surface area (Å²) in [5.74, 6) is -1.91. The Bertz CT molecular complexity index is 1210. The predicted octanol–water partition coefficient (Wildman–Crippen LogP) is 3.89. The molecule has 0 atom stereocenters. The summed E-state index contributed by atoms with van der Waals surface area (Å²) in [7, 11) is 0. The summed E-state index contributed by atoms with van der Waals surface area (Å²) in [6.07, 6.45) is 3.54. The number of carbonyl (C=O) groups is 4. The van der Waals surface area contributed by atoms with E-state index in [1.807, 2.05) is 27.7 Å². The number of hydrogen-bond donors (Lipinski definition) is 4. The zero-order chi connectivity index (χ0) is 31.5. The van der Waals surface area contributed by atoms with Crippen molar-refractivity contribution >= 4 is 41.7 Å². The second kappa shape index (κ2) is 19.2. The Labute approximate surface area is 237 Å². The molecule has 16 nitrogen and oxygen atoms in total. The molecule has 0 amide bonds. The Morgan fingerprint density at radius 2 is 1.15 bits per heavy atom. The largest absolute Gasteiger partial charge is 0.476 e. The molecule has 5 N–H and O–H groups in total. The van der Waals surface area contributed by atoms with Crippen molar-refractivity contribution in [1.29, 1.82) is 0 Å². The summed E-state index contributed by atoms with van der Waals surface area (Å²) in [6, 6.07) is 0.924. The number of carboxylic acid groups (broad SMARTS) is 1. The second-order valence-electron chi connectivity index (χ2n) is 8.40. The van der Waals surface area contributed by atoms with Crippen LogP contribution in [0.15, 0.2) is 32.0 Å². The fraction of sp³-hybridized carbons (Fsp3) is 0.480. The Morgan fingerprint density at radius 1 is 0.780 bits per heavy atom. The quantitative estimate of drug-likeness (QED) is 0.262. The molecule has 0 unspecified atom stereocenters. The molecule has 0 aliphatic heterocycles. The first-order chi connectivity index (χ1) is 19.2. The van der Waals surface area contributed by atoms with E-state index < -0.39 is 17.9 Å². The van der Waals surface area contributed by atoms with E-state index in [4.69, 9.17) is 24.4 Å². The molecule has 16 heteroatoms. The lowest BCUT2D eigenvalue weighted by atomic mass is 10.4. The maximum absolute atomic E-state index is 11.2. The molecular weight excluding hydrogens is 544 g/mol. The second-order valence-corrected chi connectivity index (χ2v) is 8.40. The van der Waals surface area contributed by atoms with Crippen molar-refractivity contribution in [3.05, 3.63) is 35.9 Å². The molecule has 0 aromatic carbocycles. The minimum Gasteiger partial charge on any atom is -0.476 e. The number of nitrogen functional groups attached to an aromatic ring is 1. The van der Waals surface area contributed by atoms with Crippen molar-refractivity contribution < 1.29 is 47.0 Å². The fourth-order valence-corrected chi connectivity index (χ4v) is 2.16. The molecule has 3 heterocycles. The van der Waals surface area contributed by atoms with Crippen LogP contribution in [0.4, 0.5) is 18.0 Å². The van der Waals surface area contributed by atoms with Crippen LogP contribution in [0.5, 0.6) is 0 Å². The van der Waals surface area contributed by atoms with E-state index in [0.717, 1.165) is 12.5 Å². The molecule has 41 heavy (non-hydrogen) atoms. The van der Waals surface area contributed by atoms with Gasteiger partial charge in [0.15, 0.2) is 17.1 Å². The lowest BCUT2D eigenvalue weighted by Gasteiger charge is -2.02. The topological polar surface area (TPSA) is 235 Å². The molecule has 3 rings (SSSR count). The normalized spacial score (nSPS) is 9.71. The van der Waals surface area contributed by atoms with Crippen molar-refractivity contribution in [3.63, 3.8) is 0 Å². The van der Waals surface area contributed by atoms with Gasteiger partial charge in [0.25, 0.3) is 18.0 Å². The monoisotopic (exact) mass is 582 g/mol. The van der Waals surface area contributed by atoms with Crippen LogP contribution in [0.3, 0.4) is 0 Å². The third-order valence-electron chi connectivity index (χ3n) is 3.54. The van der Waals surface area contributed by atoms with E-state index in [1.165, 1.54) is 20.1 Å². The molecule has 0 aliphatic carbocycles. The number of aromatic nitrogens is 3. The number of nitrogens with one attached hydrogen (secondary N) is 2. The lowest BCUT2D eigenvalue weighted by molar-refractivity contribution is -0.115. The van der Waals surface area contributed by atoms with Crippen LogP contribution >= 0.6 is 0 Å². The van der Waals surface area contributed by atoms with E-state index in [0.29, 0.717) is 19.2 Å². The van der Waals surface area contributed by atoms with Gasteiger partial charge in [-0.15, -0.1) is 0 Å². The first-order valence-corrected chi connectivity index (χ1v) is 12.4. The maximum atomic E-state index is 11.2. The number of ketones is 1. The zero-order valence-electron chi connectivity index (χ0n) is 24.3. The highest BCUT2D eigenvalue weighted by molar-refractivity contribution is 5.87. The summed E-state index contributed by atoms with van der Waals surface area (Å²) < 4.78 is 23.8. The number of anilines is 3. The highest BCUT2D eigenvalue weighted by atomic mass is 16.5. The lowest BCUT2D eigenvalue weighted by Crippen LogP contribution is -2.10. The van der Waals surface area contributed by atoms with Crippen LogP contribution in [-0.2, 0) is 14.3 Å². The fourth-order valence-electron chi connectivity index (χ4n) is 2.16. The number of nitrogens with two attached hydrogens (primary N) is 1. The smallest absolute Gasteiger partial charge is 0.360 e. The average molecular weight is 583 g/mol. The number of rotatable bonds is 9. The number of hydrogen-bond acceptors (Lipinski definition) is 15. The van der Waals surface area contributed by atoms with Crippen LogP contribution in [-0.4, -0.2) is 69.0 Å². The van der Waals surface area contributed by atoms with Gasteiger partial charge in [-0.3, -0.25) is 0 Å². The molecule has 228 valence electrons. The van der Waals surface area contributed by atoms with Gasteiger partial charge in [-0.05, 0) is 55.4 Å². The van der Waals surface area contributed by atoms with Crippen molar-refractivity contribution in [2.24, 2.45) is 0 Å². The maximum Gasteiger partial charge on any atom is 0.360 e. The Kier molecular flexibility index (Phi) is 16.9. The Morgan fingerprint density at radius 3 is 1.46 bits per heavy atom. The number of ether oxygens (including phenoxy) is 2. The highest BCUT2D eigenvalue weighted by Crippen LogP contribution is 2.10. The van der Waals surface area contributed by atoms with E-state index in [1.54, 1.807) is 13.8 Å². The first kappa shape index (κ1) is 36.1. The number of esters is 2. The van der Waals surface area contributed by atoms with Crippen LogP contribution < -0.4 is 16.4 Å². The molecular formula is C25H38N6O10. The van der Waals surface area contributed by atoms with Crippen LogP contribution in [0.2, 0.25) is 0 Å². The highest BCUT2D eigenvalue weighted by Gasteiger charge is 2.13. The van der Waals surface area contributed by atoms with Gasteiger partial charge in [0.05, 0.1) is 13.2 Å². The van der Waals surface area contributed by atoms with E-state index >= 15 is 0 Å². The number of Topliss-reactive ketones (excluding diaryl/α,β-unsaturated/α-hetero) is 1. The molecule has 0 fully saturated rings. The van der Waals surface area contributed by atoms with Gasteiger partial charge in [-0.1, -0.05) is 0 Å². The predicted molar refractivity (Wildman–Crippen MR) is 147 cm³/mol. The zero-order valence-corrected chi connectivity index (χ0v) is 24.3. The van der Waals surface area contributed by atoms with Gasteiger partial charge >= 0.3 is 17.9 Å². The number of carboxylic acids is 1. The van der Waals surface area contributed by atoms with Gasteiger partial charge in [-0.2, -0.15) is 15.0 Å². The summed E-state index contributed by atoms with van der Waals surface area (Å²) in [5.41, 5.74) is 5.33. The van der Waals surface area contributed by atoms with Crippen molar-refractivity contribution in [2.45, 2.75) is 67.5 Å². The first-order valence-electron chi connectivity index (χ1n) is 12.4. The van der Waals surface area contributed by atoms with Crippen molar-refractivity contribution in [3.8, 4) is 0 Å². The standard InChI is InChI=1S/C9H14N2O3.C7H10N2O3.C6H8N2O3.C3H6O/c1-4-13-8(12)7-5-14-9(11-7)10-6(2)3;1-4(2)8-7-9-5(3-12-7)6(10)11;1-2-10-5(9)4-3-11-6(7)8-4;1-3(2)4/h5-6H,4H2,1-3H3,(H,10,11);3-4H,1-2H3,(H,8,9)(H,10,11);3H,2H2,1H3,(H2,7,8);1-2H3. The molecule has 3 aromatic rings. The van der Waals surface area contributed by atoms with Crippen molar-refractivity contribution in [1.82, 2.24) is 15.0 Å². The number of carbonyl (C=O) groups excluding carboxylic acids is 3. The van der Waals surface area contributed by atoms with Crippen LogP contribution in [0, 0.1) is 0 Å². The molecule has 0 aliphatic rings. The molecule has 0 saturated heterocycles. The van der Waals surface area contributed by atoms with Crippen LogP contribution in [0.1, 0.15) is 86.9 Å². The third-order valence-corrected chi connectivity index (χ3v) is 3.54. The van der Waals surface area contributed by atoms with Crippen molar-refractivity contribution in [2.75, 3.05) is 29.6 Å². The third kappa shape index (κ3) is 16.6. The van der Waals surface area contributed by atoms with E-state index in [-0.39, 0.29) is 47.0 Å². The van der Waals surface area contributed by atoms with Gasteiger partial charge in [0.1, 0.15) is 24.6 Å². The van der Waals surface area contributed by atoms with Gasteiger partial charge in [-0.25, -0.2) is 14.4 Å². The number of oxazole rings is 3. The molecule has 0 radical (unpaired) electrons. The minimum atomic E-state index is -1.09. The molecule has 0 bridgehead atoms. The molecule has 0 spiro atoms. The SMILES string of the molecule is CC(C)=O.CC(C)Nc1nc(C(=O)O)co1.CCOC(=O)c1coc(N)n1.CCOC(=O)c1coc(NC(C)C)n1. The molecule has 3 aromatic heterocycles. The average Bonchev–Trinajstić information content (AvgIpc) is 3.61. The minimum absolute atomic E-state index is 0.0342. The number of nitrogens with zero attached hydrogens (tertiary/aromatic N) is 3. The van der Waals surface area contributed by atoms with E-state index in [9.17, 15) is 19.2 Å². The van der Waals surface area contributed by atoms with Crippen LogP contribution in [0.25, 0.3) is 0 Å².